The fourth-order valence-corrected chi connectivity index (χ4v) is 11.5. The van der Waals surface area contributed by atoms with Gasteiger partial charge >= 0.3 is 0 Å². The molecule has 12 rings (SSSR count). The van der Waals surface area contributed by atoms with Crippen LogP contribution >= 0.6 is 0 Å². The number of hydrogen-bond donors (Lipinski definition) is 0. The number of nitrogens with zero attached hydrogens (tertiary/aromatic N) is 1. The Morgan fingerprint density at radius 1 is 0.358 bits per heavy atom. The Labute approximate surface area is 395 Å². The van der Waals surface area contributed by atoms with Crippen molar-refractivity contribution in [3.05, 3.63) is 222 Å². The molecule has 0 N–H and O–H groups in total. The van der Waals surface area contributed by atoms with Gasteiger partial charge in [-0.1, -0.05) is 199 Å². The zero-order valence-corrected chi connectivity index (χ0v) is 39.3. The second-order valence-corrected chi connectivity index (χ2v) is 20.7. The number of rotatable bonds is 7. The highest BCUT2D eigenvalue weighted by atomic mass is 16.3. The average molecular weight is 866 g/mol. The minimum absolute atomic E-state index is 0.0753. The van der Waals surface area contributed by atoms with Crippen LogP contribution in [-0.4, -0.2) is 0 Å². The second kappa shape index (κ2) is 15.3. The first kappa shape index (κ1) is 41.0. The monoisotopic (exact) mass is 865 g/mol. The molecular weight excluding hydrogens is 811 g/mol. The van der Waals surface area contributed by atoms with E-state index in [-0.39, 0.29) is 16.2 Å². The lowest BCUT2D eigenvalue weighted by atomic mass is 9.62. The van der Waals surface area contributed by atoms with Crippen molar-refractivity contribution in [3.8, 4) is 55.6 Å². The Morgan fingerprint density at radius 2 is 0.881 bits per heavy atom. The van der Waals surface area contributed by atoms with Gasteiger partial charge in [0.2, 0.25) is 0 Å². The van der Waals surface area contributed by atoms with Gasteiger partial charge in [0.15, 0.2) is 5.58 Å². The summed E-state index contributed by atoms with van der Waals surface area (Å²) in [5.74, 6) is 0. The van der Waals surface area contributed by atoms with E-state index in [1.54, 1.807) is 0 Å². The summed E-state index contributed by atoms with van der Waals surface area (Å²) < 4.78 is 6.75. The van der Waals surface area contributed by atoms with E-state index in [4.69, 9.17) is 4.42 Å². The lowest BCUT2D eigenvalue weighted by Crippen LogP contribution is -2.34. The van der Waals surface area contributed by atoms with Gasteiger partial charge in [-0.2, -0.15) is 0 Å². The van der Waals surface area contributed by atoms with E-state index in [0.717, 1.165) is 50.1 Å². The highest BCUT2D eigenvalue weighted by Crippen LogP contribution is 2.55. The molecular formula is C65H55NO. The molecule has 0 saturated heterocycles. The summed E-state index contributed by atoms with van der Waals surface area (Å²) in [6.07, 6.45) is 2.42. The number of fused-ring (bicyclic) bond motifs is 7. The molecule has 0 amide bonds. The molecule has 0 radical (unpaired) electrons. The lowest BCUT2D eigenvalue weighted by molar-refractivity contribution is 0.331. The van der Waals surface area contributed by atoms with E-state index in [1.807, 2.05) is 6.07 Å². The minimum atomic E-state index is -0.0753. The van der Waals surface area contributed by atoms with Crippen LogP contribution in [0.4, 0.5) is 17.1 Å². The maximum absolute atomic E-state index is 6.75. The smallest absolute Gasteiger partial charge is 0.159 e. The first-order valence-electron chi connectivity index (χ1n) is 24.0. The van der Waals surface area contributed by atoms with Crippen LogP contribution in [0.1, 0.15) is 76.6 Å². The van der Waals surface area contributed by atoms with E-state index in [1.165, 1.54) is 79.6 Å². The number of anilines is 3. The molecule has 0 spiro atoms. The fourth-order valence-electron chi connectivity index (χ4n) is 11.5. The van der Waals surface area contributed by atoms with Gasteiger partial charge in [-0.05, 0) is 138 Å². The van der Waals surface area contributed by atoms with Crippen molar-refractivity contribution in [2.75, 3.05) is 4.90 Å². The maximum atomic E-state index is 6.75. The van der Waals surface area contributed by atoms with Crippen molar-refractivity contribution < 1.29 is 4.42 Å². The van der Waals surface area contributed by atoms with Crippen LogP contribution in [0, 0.1) is 0 Å². The Balaban J connectivity index is 0.966. The summed E-state index contributed by atoms with van der Waals surface area (Å²) in [5, 5.41) is 2.21. The van der Waals surface area contributed by atoms with Gasteiger partial charge in [0.25, 0.3) is 0 Å². The van der Waals surface area contributed by atoms with Crippen molar-refractivity contribution in [2.45, 2.75) is 70.6 Å². The number of hydrogen-bond acceptors (Lipinski definition) is 2. The van der Waals surface area contributed by atoms with Gasteiger partial charge in [0.05, 0.1) is 11.4 Å². The van der Waals surface area contributed by atoms with Crippen LogP contribution in [0.3, 0.4) is 0 Å². The second-order valence-electron chi connectivity index (χ2n) is 20.7. The van der Waals surface area contributed by atoms with Gasteiger partial charge in [0, 0.05) is 27.4 Å². The largest absolute Gasteiger partial charge is 0.454 e. The molecule has 9 aromatic carbocycles. The zero-order chi connectivity index (χ0) is 45.7. The molecule has 1 aromatic heterocycles. The maximum Gasteiger partial charge on any atom is 0.159 e. The van der Waals surface area contributed by atoms with E-state index in [0.29, 0.717) is 0 Å². The van der Waals surface area contributed by atoms with E-state index in [2.05, 4.69) is 241 Å². The zero-order valence-electron chi connectivity index (χ0n) is 39.3. The van der Waals surface area contributed by atoms with Crippen molar-refractivity contribution in [1.82, 2.24) is 0 Å². The molecule has 1 heterocycles. The summed E-state index contributed by atoms with van der Waals surface area (Å²) in [6, 6.07) is 73.6. The molecule has 2 nitrogen and oxygen atoms in total. The van der Waals surface area contributed by atoms with Crippen LogP contribution in [0.25, 0.3) is 77.6 Å². The summed E-state index contributed by atoms with van der Waals surface area (Å²) in [6.45, 7) is 14.6. The van der Waals surface area contributed by atoms with Crippen LogP contribution in [-0.2, 0) is 16.2 Å². The Morgan fingerprint density at radius 3 is 1.63 bits per heavy atom. The highest BCUT2D eigenvalue weighted by molar-refractivity contribution is 6.11. The molecule has 2 heteroatoms. The van der Waals surface area contributed by atoms with Gasteiger partial charge < -0.3 is 9.32 Å². The molecule has 2 aliphatic rings. The molecule has 0 unspecified atom stereocenters. The van der Waals surface area contributed by atoms with E-state index < -0.39 is 0 Å². The Bertz CT molecular complexity index is 3530. The lowest BCUT2D eigenvalue weighted by Gasteiger charge is -2.42. The molecule has 2 aliphatic carbocycles. The average Bonchev–Trinajstić information content (AvgIpc) is 3.85. The third kappa shape index (κ3) is 6.68. The van der Waals surface area contributed by atoms with E-state index >= 15 is 0 Å². The summed E-state index contributed by atoms with van der Waals surface area (Å²) in [7, 11) is 0. The summed E-state index contributed by atoms with van der Waals surface area (Å²) in [4.78, 5) is 2.38. The fraction of sp³-hybridized carbons (Fsp3) is 0.169. The van der Waals surface area contributed by atoms with E-state index in [9.17, 15) is 0 Å². The third-order valence-corrected chi connectivity index (χ3v) is 15.4. The quantitative estimate of drug-likeness (QED) is 0.159. The molecule has 0 fully saturated rings. The molecule has 67 heavy (non-hydrogen) atoms. The minimum Gasteiger partial charge on any atom is -0.454 e. The standard InChI is InChI=1S/C65H55NO/c1-63(2)37-38-64(3,4)58-41-56-54(40-57(58)63)53-39-46(33-36-55(53)65(56,5)6)49-20-11-10-19-48(49)44-31-34-47(35-32-44)66(60-25-16-23-52-51-22-13-15-26-61(51)67-62(52)60)59-24-14-12-21-50(59)45-29-27-43(28-30-45)42-17-8-7-9-18-42/h7-36,39-41H,37-38H2,1-6H3. The van der Waals surface area contributed by atoms with Gasteiger partial charge in [0.1, 0.15) is 5.58 Å². The van der Waals surface area contributed by atoms with Gasteiger partial charge in [-0.15, -0.1) is 0 Å². The highest BCUT2D eigenvalue weighted by Gasteiger charge is 2.42. The number of para-hydroxylation sites is 3. The third-order valence-electron chi connectivity index (χ3n) is 15.4. The number of furan rings is 1. The predicted octanol–water partition coefficient (Wildman–Crippen LogP) is 18.4. The van der Waals surface area contributed by atoms with Gasteiger partial charge in [-0.25, -0.2) is 0 Å². The molecule has 0 bridgehead atoms. The topological polar surface area (TPSA) is 16.4 Å². The van der Waals surface area contributed by atoms with Crippen molar-refractivity contribution in [2.24, 2.45) is 0 Å². The van der Waals surface area contributed by atoms with Crippen LogP contribution in [0.2, 0.25) is 0 Å². The predicted molar refractivity (Wildman–Crippen MR) is 283 cm³/mol. The summed E-state index contributed by atoms with van der Waals surface area (Å²) in [5.41, 5.74) is 23.3. The number of benzene rings is 9. The molecule has 0 aliphatic heterocycles. The molecule has 326 valence electrons. The van der Waals surface area contributed by atoms with Crippen LogP contribution < -0.4 is 4.90 Å². The van der Waals surface area contributed by atoms with Crippen molar-refractivity contribution >= 4 is 39.0 Å². The SMILES string of the molecule is CC1(C)CCC(C)(C)c2cc3c(cc21)-c1cc(-c2ccccc2-c2ccc(N(c4ccccc4-c4ccc(-c5ccccc5)cc4)c4cccc5c4oc4ccccc45)cc2)ccc1C3(C)C. The summed E-state index contributed by atoms with van der Waals surface area (Å²) >= 11 is 0. The normalized spacial score (nSPS) is 15.3. The van der Waals surface area contributed by atoms with Crippen LogP contribution in [0.5, 0.6) is 0 Å². The first-order chi connectivity index (χ1) is 32.5. The van der Waals surface area contributed by atoms with Crippen molar-refractivity contribution in [3.63, 3.8) is 0 Å². The van der Waals surface area contributed by atoms with Crippen LogP contribution in [0.15, 0.2) is 205 Å². The molecule has 0 saturated carbocycles. The molecule has 0 atom stereocenters. The van der Waals surface area contributed by atoms with Crippen molar-refractivity contribution in [1.29, 1.82) is 0 Å². The van der Waals surface area contributed by atoms with Gasteiger partial charge in [-0.3, -0.25) is 0 Å². The Kier molecular flexibility index (Phi) is 9.39. The molecule has 10 aromatic rings. The first-order valence-corrected chi connectivity index (χ1v) is 24.0. The Hall–Kier alpha value is -7.42.